The fourth-order valence-electron chi connectivity index (χ4n) is 4.65. The first-order valence-electron chi connectivity index (χ1n) is 10.1. The van der Waals surface area contributed by atoms with Crippen molar-refractivity contribution in [1.29, 1.82) is 0 Å². The maximum absolute atomic E-state index is 13.5. The molecule has 0 aliphatic carbocycles. The Morgan fingerprint density at radius 1 is 1.03 bits per heavy atom. The molecule has 33 heavy (non-hydrogen) atoms. The first-order chi connectivity index (χ1) is 15.7. The van der Waals surface area contributed by atoms with Crippen LogP contribution in [0.5, 0.6) is 5.75 Å². The van der Waals surface area contributed by atoms with Gasteiger partial charge in [-0.1, -0.05) is 0 Å². The largest absolute Gasteiger partial charge is 0.496 e. The predicted octanol–water partition coefficient (Wildman–Crippen LogP) is 0.186. The van der Waals surface area contributed by atoms with Crippen molar-refractivity contribution in [2.75, 3.05) is 20.3 Å². The van der Waals surface area contributed by atoms with E-state index in [1.165, 1.54) is 33.1 Å². The van der Waals surface area contributed by atoms with Crippen LogP contribution in [-0.2, 0) is 32.2 Å². The number of urea groups is 2. The average Bonchev–Trinajstić information content (AvgIpc) is 3.06. The van der Waals surface area contributed by atoms with Crippen LogP contribution in [0.25, 0.3) is 0 Å². The SMILES string of the molecule is CCOC(=O)C12NC(=O)N3Cc4c(OC)ccc([N+](=O)[O-])c4CN(C(=O)N1)C32C(=O)OCC. The molecule has 2 unspecified atom stereocenters. The summed E-state index contributed by atoms with van der Waals surface area (Å²) >= 11 is 0. The predicted molar refractivity (Wildman–Crippen MR) is 107 cm³/mol. The van der Waals surface area contributed by atoms with Crippen LogP contribution in [0.1, 0.15) is 25.0 Å². The van der Waals surface area contributed by atoms with Crippen LogP contribution in [0, 0.1) is 10.1 Å². The third-order valence-electron chi connectivity index (χ3n) is 5.94. The number of nitro groups is 1. The summed E-state index contributed by atoms with van der Waals surface area (Å²) in [5, 5.41) is 16.5. The highest BCUT2D eigenvalue weighted by Gasteiger charge is 2.82. The van der Waals surface area contributed by atoms with Crippen molar-refractivity contribution < 1.29 is 38.3 Å². The van der Waals surface area contributed by atoms with Crippen molar-refractivity contribution in [3.8, 4) is 5.75 Å². The fourth-order valence-corrected chi connectivity index (χ4v) is 4.65. The second-order valence-corrected chi connectivity index (χ2v) is 7.40. The van der Waals surface area contributed by atoms with Crippen molar-refractivity contribution in [1.82, 2.24) is 20.4 Å². The average molecular weight is 463 g/mol. The summed E-state index contributed by atoms with van der Waals surface area (Å²) in [4.78, 5) is 65.8. The number of hydrogen-bond acceptors (Lipinski definition) is 9. The smallest absolute Gasteiger partial charge is 0.358 e. The lowest BCUT2D eigenvalue weighted by Crippen LogP contribution is -2.74. The van der Waals surface area contributed by atoms with Gasteiger partial charge in [0.05, 0.1) is 43.9 Å². The molecule has 1 aromatic carbocycles. The lowest BCUT2D eigenvalue weighted by molar-refractivity contribution is -0.385. The molecule has 0 spiro atoms. The normalized spacial score (nSPS) is 24.8. The Balaban J connectivity index is 2.03. The molecule has 2 atom stereocenters. The number of nitrogens with zero attached hydrogens (tertiary/aromatic N) is 3. The minimum Gasteiger partial charge on any atom is -0.496 e. The van der Waals surface area contributed by atoms with E-state index < -0.39 is 53.3 Å². The molecule has 14 heteroatoms. The summed E-state index contributed by atoms with van der Waals surface area (Å²) in [6.45, 7) is 1.93. The zero-order chi connectivity index (χ0) is 24.1. The number of ether oxygens (including phenoxy) is 3. The Labute approximate surface area is 186 Å². The highest BCUT2D eigenvalue weighted by Crippen LogP contribution is 2.49. The molecular formula is C19H21N5O9. The van der Waals surface area contributed by atoms with Gasteiger partial charge in [0.15, 0.2) is 0 Å². The zero-order valence-corrected chi connectivity index (χ0v) is 18.0. The van der Waals surface area contributed by atoms with Gasteiger partial charge in [0.1, 0.15) is 5.75 Å². The molecule has 2 fully saturated rings. The number of nitro benzene ring substituents is 1. The van der Waals surface area contributed by atoms with Gasteiger partial charge < -0.3 is 24.8 Å². The van der Waals surface area contributed by atoms with E-state index in [9.17, 15) is 29.3 Å². The molecule has 4 amide bonds. The number of methoxy groups -OCH3 is 1. The van der Waals surface area contributed by atoms with E-state index in [0.717, 1.165) is 9.80 Å². The third kappa shape index (κ3) is 2.66. The molecule has 3 heterocycles. The Bertz CT molecular complexity index is 1090. The summed E-state index contributed by atoms with van der Waals surface area (Å²) < 4.78 is 15.7. The highest BCUT2D eigenvalue weighted by molar-refractivity contribution is 6.09. The summed E-state index contributed by atoms with van der Waals surface area (Å²) in [6.07, 6.45) is 0. The molecule has 0 radical (unpaired) electrons. The number of carbonyl (C=O) groups is 4. The number of benzene rings is 1. The summed E-state index contributed by atoms with van der Waals surface area (Å²) in [7, 11) is 1.34. The van der Waals surface area contributed by atoms with Crippen LogP contribution in [0.2, 0.25) is 0 Å². The molecule has 14 nitrogen and oxygen atoms in total. The Morgan fingerprint density at radius 3 is 2.09 bits per heavy atom. The summed E-state index contributed by atoms with van der Waals surface area (Å²) in [5.41, 5.74) is -4.75. The topological polar surface area (TPSA) is 170 Å². The first kappa shape index (κ1) is 22.1. The molecule has 2 N–H and O–H groups in total. The van der Waals surface area contributed by atoms with Crippen molar-refractivity contribution in [2.45, 2.75) is 38.3 Å². The monoisotopic (exact) mass is 463 g/mol. The van der Waals surface area contributed by atoms with Gasteiger partial charge in [0.25, 0.3) is 17.0 Å². The second kappa shape index (κ2) is 7.50. The van der Waals surface area contributed by atoms with Crippen molar-refractivity contribution in [2.24, 2.45) is 0 Å². The van der Waals surface area contributed by atoms with E-state index in [0.29, 0.717) is 0 Å². The number of rotatable bonds is 6. The maximum atomic E-state index is 13.5. The third-order valence-corrected chi connectivity index (χ3v) is 5.94. The summed E-state index contributed by atoms with van der Waals surface area (Å²) in [5.74, 6) is -1.96. The minimum atomic E-state index is -2.35. The van der Waals surface area contributed by atoms with Gasteiger partial charge in [-0.3, -0.25) is 19.9 Å². The number of amides is 4. The molecule has 2 saturated heterocycles. The number of carbonyl (C=O) groups excluding carboxylic acids is 4. The fraction of sp³-hybridized carbons (Fsp3) is 0.474. The van der Waals surface area contributed by atoms with Crippen LogP contribution in [0.3, 0.4) is 0 Å². The van der Waals surface area contributed by atoms with Crippen molar-refractivity contribution in [3.05, 3.63) is 33.4 Å². The van der Waals surface area contributed by atoms with E-state index in [2.05, 4.69) is 10.6 Å². The lowest BCUT2D eigenvalue weighted by Gasteiger charge is -2.40. The second-order valence-electron chi connectivity index (χ2n) is 7.40. The van der Waals surface area contributed by atoms with Gasteiger partial charge >= 0.3 is 24.0 Å². The molecule has 1 aromatic rings. The minimum absolute atomic E-state index is 0.0556. The Morgan fingerprint density at radius 2 is 1.58 bits per heavy atom. The van der Waals surface area contributed by atoms with Crippen LogP contribution >= 0.6 is 0 Å². The molecule has 0 aromatic heterocycles. The molecule has 0 saturated carbocycles. The van der Waals surface area contributed by atoms with E-state index >= 15 is 0 Å². The number of nitrogens with one attached hydrogen (secondary N) is 2. The maximum Gasteiger partial charge on any atom is 0.358 e. The molecule has 3 aliphatic heterocycles. The van der Waals surface area contributed by atoms with E-state index in [4.69, 9.17) is 14.2 Å². The standard InChI is InChI=1S/C19H21N5O9/c1-4-32-14(25)18-19(15(26)33-5-2)22(16(27)20-18)8-10-11(9-23(19)17(28)21-18)13(31-3)7-6-12(10)24(29)30/h6-7H,4-5,8-9H2,1-3H3,(H,20,27)(H,21,28). The van der Waals surface area contributed by atoms with Crippen LogP contribution < -0.4 is 15.4 Å². The quantitative estimate of drug-likeness (QED) is 0.339. The van der Waals surface area contributed by atoms with Crippen LogP contribution in [0.4, 0.5) is 15.3 Å². The Hall–Kier alpha value is -4.10. The first-order valence-corrected chi connectivity index (χ1v) is 10.1. The molecular weight excluding hydrogens is 442 g/mol. The highest BCUT2D eigenvalue weighted by atomic mass is 16.6. The number of fused-ring (bicyclic) bond motifs is 1. The van der Waals surface area contributed by atoms with E-state index in [1.54, 1.807) is 0 Å². The van der Waals surface area contributed by atoms with Crippen molar-refractivity contribution >= 4 is 29.7 Å². The Kier molecular flexibility index (Phi) is 5.02. The van der Waals surface area contributed by atoms with Crippen LogP contribution in [0.15, 0.2) is 12.1 Å². The van der Waals surface area contributed by atoms with Crippen LogP contribution in [-0.4, -0.2) is 70.4 Å². The molecule has 4 rings (SSSR count). The lowest BCUT2D eigenvalue weighted by atomic mass is 9.93. The van der Waals surface area contributed by atoms with Crippen molar-refractivity contribution in [3.63, 3.8) is 0 Å². The van der Waals surface area contributed by atoms with E-state index in [-0.39, 0.29) is 35.8 Å². The molecule has 3 aliphatic rings. The molecule has 176 valence electrons. The number of hydrogen-bond donors (Lipinski definition) is 2. The zero-order valence-electron chi connectivity index (χ0n) is 18.0. The van der Waals surface area contributed by atoms with Gasteiger partial charge in [-0.2, -0.15) is 0 Å². The van der Waals surface area contributed by atoms with Gasteiger partial charge in [0, 0.05) is 11.6 Å². The van der Waals surface area contributed by atoms with Gasteiger partial charge in [-0.25, -0.2) is 19.2 Å². The molecule has 0 bridgehead atoms. The van der Waals surface area contributed by atoms with Gasteiger partial charge in [0.2, 0.25) is 0 Å². The van der Waals surface area contributed by atoms with Gasteiger partial charge in [-0.05, 0) is 19.9 Å². The summed E-state index contributed by atoms with van der Waals surface area (Å²) in [6, 6.07) is 0.753. The van der Waals surface area contributed by atoms with E-state index in [1.807, 2.05) is 0 Å². The van der Waals surface area contributed by atoms with Gasteiger partial charge in [-0.15, -0.1) is 0 Å². The number of esters is 2.